The molecule has 0 radical (unpaired) electrons. The highest BCUT2D eigenvalue weighted by molar-refractivity contribution is 4.96. The van der Waals surface area contributed by atoms with E-state index in [1.807, 2.05) is 0 Å². The van der Waals surface area contributed by atoms with Crippen LogP contribution in [0.15, 0.2) is 0 Å². The SMILES string of the molecule is CCC1CCCC(CN)(C(O)C2CCCC(C)C2)C1. The van der Waals surface area contributed by atoms with Gasteiger partial charge < -0.3 is 10.8 Å². The summed E-state index contributed by atoms with van der Waals surface area (Å²) in [5.74, 6) is 2.07. The zero-order chi connectivity index (χ0) is 13.9. The second-order valence-electron chi connectivity index (χ2n) is 7.41. The van der Waals surface area contributed by atoms with Gasteiger partial charge in [-0.25, -0.2) is 0 Å². The van der Waals surface area contributed by atoms with Crippen molar-refractivity contribution in [2.45, 2.75) is 77.7 Å². The van der Waals surface area contributed by atoms with E-state index in [1.165, 1.54) is 44.9 Å². The first-order valence-corrected chi connectivity index (χ1v) is 8.49. The molecule has 5 unspecified atom stereocenters. The monoisotopic (exact) mass is 267 g/mol. The Morgan fingerprint density at radius 3 is 2.68 bits per heavy atom. The Kier molecular flexibility index (Phi) is 5.30. The molecule has 0 aromatic rings. The fraction of sp³-hybridized carbons (Fsp3) is 1.00. The van der Waals surface area contributed by atoms with Crippen molar-refractivity contribution in [3.8, 4) is 0 Å². The van der Waals surface area contributed by atoms with Gasteiger partial charge in [0.05, 0.1) is 6.10 Å². The molecule has 0 bridgehead atoms. The van der Waals surface area contributed by atoms with E-state index in [-0.39, 0.29) is 11.5 Å². The van der Waals surface area contributed by atoms with Crippen LogP contribution in [0.4, 0.5) is 0 Å². The van der Waals surface area contributed by atoms with Gasteiger partial charge >= 0.3 is 0 Å². The molecule has 112 valence electrons. The molecule has 5 atom stereocenters. The predicted octanol–water partition coefficient (Wildman–Crippen LogP) is 3.72. The highest BCUT2D eigenvalue weighted by Crippen LogP contribution is 2.47. The lowest BCUT2D eigenvalue weighted by Gasteiger charge is -2.47. The van der Waals surface area contributed by atoms with E-state index in [9.17, 15) is 5.11 Å². The fourth-order valence-corrected chi connectivity index (χ4v) is 4.71. The molecular formula is C17H33NO. The maximum absolute atomic E-state index is 11.0. The van der Waals surface area contributed by atoms with E-state index in [0.29, 0.717) is 12.5 Å². The fourth-order valence-electron chi connectivity index (χ4n) is 4.71. The van der Waals surface area contributed by atoms with Gasteiger partial charge in [-0.1, -0.05) is 46.0 Å². The largest absolute Gasteiger partial charge is 0.392 e. The van der Waals surface area contributed by atoms with Crippen molar-refractivity contribution < 1.29 is 5.11 Å². The Morgan fingerprint density at radius 2 is 2.05 bits per heavy atom. The summed E-state index contributed by atoms with van der Waals surface area (Å²) in [7, 11) is 0. The number of nitrogens with two attached hydrogens (primary N) is 1. The minimum absolute atomic E-state index is 0.0284. The van der Waals surface area contributed by atoms with Gasteiger partial charge in [-0.15, -0.1) is 0 Å². The summed E-state index contributed by atoms with van der Waals surface area (Å²) >= 11 is 0. The highest BCUT2D eigenvalue weighted by Gasteiger charge is 2.44. The minimum Gasteiger partial charge on any atom is -0.392 e. The molecule has 19 heavy (non-hydrogen) atoms. The van der Waals surface area contributed by atoms with Gasteiger partial charge in [-0.05, 0) is 43.4 Å². The maximum Gasteiger partial charge on any atom is 0.0636 e. The molecule has 0 heterocycles. The molecule has 2 saturated carbocycles. The molecule has 3 N–H and O–H groups in total. The Labute approximate surface area is 119 Å². The average Bonchev–Trinajstić information content (AvgIpc) is 2.46. The van der Waals surface area contributed by atoms with Crippen molar-refractivity contribution in [1.29, 1.82) is 0 Å². The standard InChI is InChI=1S/C17H33NO/c1-3-14-7-5-9-17(11-14,12-18)16(19)15-8-4-6-13(2)10-15/h13-16,19H,3-12,18H2,1-2H3. The second-order valence-corrected chi connectivity index (χ2v) is 7.41. The molecule has 0 spiro atoms. The lowest BCUT2D eigenvalue weighted by Crippen LogP contribution is -2.49. The molecule has 2 rings (SSSR count). The quantitative estimate of drug-likeness (QED) is 0.815. The van der Waals surface area contributed by atoms with Crippen LogP contribution < -0.4 is 5.73 Å². The number of hydrogen-bond acceptors (Lipinski definition) is 2. The maximum atomic E-state index is 11.0. The third kappa shape index (κ3) is 3.33. The average molecular weight is 267 g/mol. The minimum atomic E-state index is -0.158. The van der Waals surface area contributed by atoms with E-state index in [1.54, 1.807) is 0 Å². The van der Waals surface area contributed by atoms with Crippen molar-refractivity contribution in [3.05, 3.63) is 0 Å². The summed E-state index contributed by atoms with van der Waals surface area (Å²) in [6.07, 6.45) is 11.0. The Bertz CT molecular complexity index is 280. The van der Waals surface area contributed by atoms with Crippen LogP contribution >= 0.6 is 0 Å². The Balaban J connectivity index is 2.06. The Hall–Kier alpha value is -0.0800. The van der Waals surface area contributed by atoms with E-state index < -0.39 is 0 Å². The van der Waals surface area contributed by atoms with Gasteiger partial charge in [0.25, 0.3) is 0 Å². The van der Waals surface area contributed by atoms with Crippen LogP contribution in [0.25, 0.3) is 0 Å². The molecule has 0 aromatic heterocycles. The van der Waals surface area contributed by atoms with Gasteiger partial charge in [0, 0.05) is 12.0 Å². The van der Waals surface area contributed by atoms with Crippen molar-refractivity contribution in [1.82, 2.24) is 0 Å². The molecule has 2 aliphatic rings. The zero-order valence-electron chi connectivity index (χ0n) is 12.9. The summed E-state index contributed by atoms with van der Waals surface area (Å²) in [5.41, 5.74) is 6.17. The molecule has 2 aliphatic carbocycles. The number of aliphatic hydroxyl groups is 1. The third-order valence-electron chi connectivity index (χ3n) is 6.02. The summed E-state index contributed by atoms with van der Waals surface area (Å²) in [6.45, 7) is 5.30. The van der Waals surface area contributed by atoms with Crippen LogP contribution in [0.5, 0.6) is 0 Å². The van der Waals surface area contributed by atoms with Gasteiger partial charge in [0.2, 0.25) is 0 Å². The van der Waals surface area contributed by atoms with Crippen LogP contribution in [0, 0.1) is 23.2 Å². The van der Waals surface area contributed by atoms with Crippen LogP contribution in [-0.2, 0) is 0 Å². The van der Waals surface area contributed by atoms with E-state index in [2.05, 4.69) is 13.8 Å². The molecular weight excluding hydrogens is 234 g/mol. The molecule has 0 aliphatic heterocycles. The van der Waals surface area contributed by atoms with E-state index in [0.717, 1.165) is 24.7 Å². The van der Waals surface area contributed by atoms with Crippen LogP contribution in [0.2, 0.25) is 0 Å². The summed E-state index contributed by atoms with van der Waals surface area (Å²) in [5, 5.41) is 11.0. The van der Waals surface area contributed by atoms with Crippen molar-refractivity contribution in [2.24, 2.45) is 28.9 Å². The van der Waals surface area contributed by atoms with Crippen molar-refractivity contribution in [3.63, 3.8) is 0 Å². The predicted molar refractivity (Wildman–Crippen MR) is 80.9 cm³/mol. The number of hydrogen-bond donors (Lipinski definition) is 2. The van der Waals surface area contributed by atoms with Gasteiger partial charge in [0.1, 0.15) is 0 Å². The normalized spacial score (nSPS) is 42.0. The van der Waals surface area contributed by atoms with Crippen molar-refractivity contribution in [2.75, 3.05) is 6.54 Å². The summed E-state index contributed by atoms with van der Waals surface area (Å²) < 4.78 is 0. The summed E-state index contributed by atoms with van der Waals surface area (Å²) in [4.78, 5) is 0. The molecule has 0 aromatic carbocycles. The van der Waals surface area contributed by atoms with Gasteiger partial charge in [-0.2, -0.15) is 0 Å². The lowest BCUT2D eigenvalue weighted by atomic mass is 9.61. The number of aliphatic hydroxyl groups excluding tert-OH is 1. The van der Waals surface area contributed by atoms with E-state index in [4.69, 9.17) is 5.73 Å². The second kappa shape index (κ2) is 6.58. The number of rotatable bonds is 4. The van der Waals surface area contributed by atoms with Crippen LogP contribution in [-0.4, -0.2) is 17.8 Å². The van der Waals surface area contributed by atoms with Crippen LogP contribution in [0.1, 0.15) is 71.6 Å². The first-order chi connectivity index (χ1) is 9.11. The first-order valence-electron chi connectivity index (χ1n) is 8.49. The smallest absolute Gasteiger partial charge is 0.0636 e. The van der Waals surface area contributed by atoms with Crippen molar-refractivity contribution >= 4 is 0 Å². The van der Waals surface area contributed by atoms with Crippen LogP contribution in [0.3, 0.4) is 0 Å². The third-order valence-corrected chi connectivity index (χ3v) is 6.02. The zero-order valence-corrected chi connectivity index (χ0v) is 12.9. The topological polar surface area (TPSA) is 46.2 Å². The molecule has 2 fully saturated rings. The molecule has 0 amide bonds. The summed E-state index contributed by atoms with van der Waals surface area (Å²) in [6, 6.07) is 0. The molecule has 2 nitrogen and oxygen atoms in total. The van der Waals surface area contributed by atoms with Gasteiger partial charge in [0.15, 0.2) is 0 Å². The van der Waals surface area contributed by atoms with Gasteiger partial charge in [-0.3, -0.25) is 0 Å². The molecule has 2 heteroatoms. The van der Waals surface area contributed by atoms with E-state index >= 15 is 0 Å². The Morgan fingerprint density at radius 1 is 1.26 bits per heavy atom. The lowest BCUT2D eigenvalue weighted by molar-refractivity contribution is -0.0625. The highest BCUT2D eigenvalue weighted by atomic mass is 16.3. The first kappa shape index (κ1) is 15.3. The molecule has 0 saturated heterocycles.